The highest BCUT2D eigenvalue weighted by Gasteiger charge is 2.20. The van der Waals surface area contributed by atoms with Crippen molar-refractivity contribution in [3.63, 3.8) is 0 Å². The minimum absolute atomic E-state index is 0.00316. The molecule has 114 valence electrons. The maximum Gasteiger partial charge on any atom is 0.305 e. The fraction of sp³-hybridized carbons (Fsp3) is 0.769. The molecule has 0 aromatic heterocycles. The Balaban J connectivity index is 2.07. The minimum atomic E-state index is -0.240. The van der Waals surface area contributed by atoms with Gasteiger partial charge in [0.25, 0.3) is 0 Å². The molecule has 1 aliphatic rings. The standard InChI is InChI=1S/C13H23N3O3S/c1-19-11(17)8-5-9-14-13(20)16-15-12(18)10-6-3-2-4-7-10/h10H,2-9H2,1H3,(H,15,18)(H2,14,16,20). The van der Waals surface area contributed by atoms with E-state index in [-0.39, 0.29) is 17.8 Å². The second kappa shape index (κ2) is 9.52. The van der Waals surface area contributed by atoms with E-state index in [1.807, 2.05) is 0 Å². The number of carbonyl (C=O) groups is 2. The van der Waals surface area contributed by atoms with Gasteiger partial charge in [0.05, 0.1) is 7.11 Å². The van der Waals surface area contributed by atoms with Crippen molar-refractivity contribution in [2.45, 2.75) is 44.9 Å². The molecule has 0 radical (unpaired) electrons. The molecule has 3 N–H and O–H groups in total. The zero-order valence-electron chi connectivity index (χ0n) is 11.9. The van der Waals surface area contributed by atoms with Crippen LogP contribution in [0.3, 0.4) is 0 Å². The van der Waals surface area contributed by atoms with Crippen molar-refractivity contribution in [3.05, 3.63) is 0 Å². The third-order valence-corrected chi connectivity index (χ3v) is 3.59. The number of esters is 1. The van der Waals surface area contributed by atoms with E-state index in [1.54, 1.807) is 0 Å². The largest absolute Gasteiger partial charge is 0.469 e. The number of rotatable bonds is 5. The molecule has 1 aliphatic carbocycles. The van der Waals surface area contributed by atoms with Gasteiger partial charge in [0.1, 0.15) is 0 Å². The van der Waals surface area contributed by atoms with Gasteiger partial charge in [0.15, 0.2) is 5.11 Å². The highest BCUT2D eigenvalue weighted by molar-refractivity contribution is 7.80. The van der Waals surface area contributed by atoms with Crippen LogP contribution >= 0.6 is 12.2 Å². The van der Waals surface area contributed by atoms with Gasteiger partial charge in [-0.05, 0) is 31.5 Å². The van der Waals surface area contributed by atoms with E-state index < -0.39 is 0 Å². The Morgan fingerprint density at radius 3 is 2.55 bits per heavy atom. The number of amides is 1. The molecule has 0 spiro atoms. The van der Waals surface area contributed by atoms with Crippen LogP contribution in [0.15, 0.2) is 0 Å². The smallest absolute Gasteiger partial charge is 0.305 e. The van der Waals surface area contributed by atoms with Crippen LogP contribution in [0.25, 0.3) is 0 Å². The van der Waals surface area contributed by atoms with Gasteiger partial charge in [0.2, 0.25) is 5.91 Å². The summed E-state index contributed by atoms with van der Waals surface area (Å²) < 4.78 is 4.53. The van der Waals surface area contributed by atoms with Crippen LogP contribution in [-0.2, 0) is 14.3 Å². The summed E-state index contributed by atoms with van der Waals surface area (Å²) in [7, 11) is 1.36. The van der Waals surface area contributed by atoms with Crippen LogP contribution in [0.5, 0.6) is 0 Å². The van der Waals surface area contributed by atoms with Crippen LogP contribution in [0, 0.1) is 5.92 Å². The molecule has 0 aromatic carbocycles. The Morgan fingerprint density at radius 1 is 1.20 bits per heavy atom. The average Bonchev–Trinajstić information content (AvgIpc) is 2.49. The van der Waals surface area contributed by atoms with E-state index in [0.717, 1.165) is 25.7 Å². The summed E-state index contributed by atoms with van der Waals surface area (Å²) in [6.07, 6.45) is 6.34. The first kappa shape index (κ1) is 16.7. The fourth-order valence-corrected chi connectivity index (χ4v) is 2.32. The van der Waals surface area contributed by atoms with Crippen LogP contribution in [0.1, 0.15) is 44.9 Å². The lowest BCUT2D eigenvalue weighted by molar-refractivity contribution is -0.140. The average molecular weight is 301 g/mol. The predicted octanol–water partition coefficient (Wildman–Crippen LogP) is 1.02. The number of nitrogens with one attached hydrogen (secondary N) is 3. The molecule has 0 heterocycles. The minimum Gasteiger partial charge on any atom is -0.469 e. The van der Waals surface area contributed by atoms with Gasteiger partial charge in [-0.25, -0.2) is 0 Å². The Labute approximate surface area is 125 Å². The lowest BCUT2D eigenvalue weighted by Crippen LogP contribution is -2.49. The monoisotopic (exact) mass is 301 g/mol. The fourth-order valence-electron chi connectivity index (χ4n) is 2.17. The van der Waals surface area contributed by atoms with Crippen LogP contribution in [-0.4, -0.2) is 30.6 Å². The van der Waals surface area contributed by atoms with Crippen molar-refractivity contribution in [1.29, 1.82) is 0 Å². The number of ether oxygens (including phenoxy) is 1. The third-order valence-electron chi connectivity index (χ3n) is 3.35. The summed E-state index contributed by atoms with van der Waals surface area (Å²) in [5.74, 6) is -0.141. The van der Waals surface area contributed by atoms with Crippen molar-refractivity contribution in [2.24, 2.45) is 5.92 Å². The Kier molecular flexibility index (Phi) is 7.94. The first-order chi connectivity index (χ1) is 9.63. The normalized spacial score (nSPS) is 15.2. The molecule has 1 rings (SSSR count). The third kappa shape index (κ3) is 6.70. The summed E-state index contributed by atoms with van der Waals surface area (Å²) in [5.41, 5.74) is 5.32. The number of carbonyl (C=O) groups excluding carboxylic acids is 2. The van der Waals surface area contributed by atoms with Crippen molar-refractivity contribution in [3.8, 4) is 0 Å². The number of thiocarbonyl (C=S) groups is 1. The first-order valence-electron chi connectivity index (χ1n) is 7.04. The summed E-state index contributed by atoms with van der Waals surface area (Å²) in [5, 5.41) is 3.28. The van der Waals surface area contributed by atoms with Crippen LogP contribution < -0.4 is 16.2 Å². The molecule has 0 aliphatic heterocycles. The van der Waals surface area contributed by atoms with Gasteiger partial charge >= 0.3 is 5.97 Å². The molecule has 0 unspecified atom stereocenters. The van der Waals surface area contributed by atoms with Crippen LogP contribution in [0.2, 0.25) is 0 Å². The molecule has 7 heteroatoms. The molecule has 1 amide bonds. The topological polar surface area (TPSA) is 79.5 Å². The number of hydrogen-bond acceptors (Lipinski definition) is 4. The van der Waals surface area contributed by atoms with Crippen molar-refractivity contribution in [2.75, 3.05) is 13.7 Å². The van der Waals surface area contributed by atoms with Crippen molar-refractivity contribution >= 4 is 29.2 Å². The quantitative estimate of drug-likeness (QED) is 0.304. The molecule has 0 bridgehead atoms. The lowest BCUT2D eigenvalue weighted by Gasteiger charge is -2.21. The Bertz CT molecular complexity index is 344. The summed E-state index contributed by atoms with van der Waals surface area (Å²) in [6, 6.07) is 0. The zero-order chi connectivity index (χ0) is 14.8. The second-order valence-corrected chi connectivity index (χ2v) is 5.29. The first-order valence-corrected chi connectivity index (χ1v) is 7.45. The maximum atomic E-state index is 11.8. The van der Waals surface area contributed by atoms with E-state index in [4.69, 9.17) is 12.2 Å². The van der Waals surface area contributed by atoms with Gasteiger partial charge in [-0.1, -0.05) is 19.3 Å². The van der Waals surface area contributed by atoms with Gasteiger partial charge in [-0.2, -0.15) is 0 Å². The lowest BCUT2D eigenvalue weighted by atomic mass is 9.89. The Hall–Kier alpha value is -1.37. The van der Waals surface area contributed by atoms with Crippen molar-refractivity contribution < 1.29 is 14.3 Å². The molecule has 0 aromatic rings. The molecule has 6 nitrogen and oxygen atoms in total. The Morgan fingerprint density at radius 2 is 1.90 bits per heavy atom. The molecule has 20 heavy (non-hydrogen) atoms. The van der Waals surface area contributed by atoms with Crippen molar-refractivity contribution in [1.82, 2.24) is 16.2 Å². The SMILES string of the molecule is COC(=O)CCCNC(=S)NNC(=O)C1CCCCC1. The zero-order valence-corrected chi connectivity index (χ0v) is 12.7. The molecule has 0 saturated heterocycles. The van der Waals surface area contributed by atoms with Crippen LogP contribution in [0.4, 0.5) is 0 Å². The van der Waals surface area contributed by atoms with Gasteiger partial charge in [-0.15, -0.1) is 0 Å². The van der Waals surface area contributed by atoms with E-state index >= 15 is 0 Å². The second-order valence-electron chi connectivity index (χ2n) is 4.88. The highest BCUT2D eigenvalue weighted by atomic mass is 32.1. The summed E-state index contributed by atoms with van der Waals surface area (Å²) >= 11 is 5.03. The number of hydrogen-bond donors (Lipinski definition) is 3. The highest BCUT2D eigenvalue weighted by Crippen LogP contribution is 2.23. The van der Waals surface area contributed by atoms with E-state index in [2.05, 4.69) is 20.9 Å². The molecule has 1 fully saturated rings. The molecular weight excluding hydrogens is 278 g/mol. The van der Waals surface area contributed by atoms with Gasteiger partial charge in [0, 0.05) is 18.9 Å². The molecule has 0 atom stereocenters. The van der Waals surface area contributed by atoms with E-state index in [9.17, 15) is 9.59 Å². The number of methoxy groups -OCH3 is 1. The maximum absolute atomic E-state index is 11.8. The predicted molar refractivity (Wildman–Crippen MR) is 79.7 cm³/mol. The number of hydrazine groups is 1. The van der Waals surface area contributed by atoms with Gasteiger partial charge in [-0.3, -0.25) is 20.4 Å². The molecular formula is C13H23N3O3S. The van der Waals surface area contributed by atoms with E-state index in [0.29, 0.717) is 24.5 Å². The summed E-state index contributed by atoms with van der Waals surface area (Å²) in [4.78, 5) is 22.7. The van der Waals surface area contributed by atoms with Gasteiger partial charge < -0.3 is 10.1 Å². The molecule has 1 saturated carbocycles. The van der Waals surface area contributed by atoms with E-state index in [1.165, 1.54) is 13.5 Å². The summed E-state index contributed by atoms with van der Waals surface area (Å²) in [6.45, 7) is 0.556.